The van der Waals surface area contributed by atoms with Crippen LogP contribution in [0.25, 0.3) is 0 Å². The van der Waals surface area contributed by atoms with Gasteiger partial charge in [0.15, 0.2) is 0 Å². The molecule has 2 unspecified atom stereocenters. The SMILES string of the molecule is CCn1ncc(Br)c1C(NN)C1CCc2ccccc21. The number of hydrogen-bond donors (Lipinski definition) is 2. The number of nitrogens with two attached hydrogens (primary N) is 1. The maximum atomic E-state index is 5.88. The smallest absolute Gasteiger partial charge is 0.0715 e. The standard InChI is InChI=1S/C15H19BrN4/c1-2-20-15(13(16)9-18-20)14(19-17)12-8-7-10-5-3-4-6-11(10)12/h3-6,9,12,14,19H,2,7-8,17H2,1H3. The predicted octanol–water partition coefficient (Wildman–Crippen LogP) is 2.90. The van der Waals surface area contributed by atoms with Gasteiger partial charge in [-0.3, -0.25) is 16.0 Å². The molecule has 0 aliphatic heterocycles. The molecule has 20 heavy (non-hydrogen) atoms. The van der Waals surface area contributed by atoms with E-state index in [2.05, 4.69) is 57.6 Å². The topological polar surface area (TPSA) is 55.9 Å². The number of nitrogens with one attached hydrogen (secondary N) is 1. The van der Waals surface area contributed by atoms with Gasteiger partial charge < -0.3 is 0 Å². The van der Waals surface area contributed by atoms with E-state index in [1.54, 1.807) is 0 Å². The van der Waals surface area contributed by atoms with E-state index < -0.39 is 0 Å². The first-order chi connectivity index (χ1) is 9.76. The Morgan fingerprint density at radius 1 is 1.50 bits per heavy atom. The van der Waals surface area contributed by atoms with Gasteiger partial charge in [-0.05, 0) is 46.8 Å². The number of fused-ring (bicyclic) bond motifs is 1. The molecule has 0 radical (unpaired) electrons. The minimum Gasteiger partial charge on any atom is -0.271 e. The van der Waals surface area contributed by atoms with Crippen LogP contribution in [0.5, 0.6) is 0 Å². The molecule has 1 aliphatic rings. The zero-order valence-corrected chi connectivity index (χ0v) is 13.1. The normalized spacial score (nSPS) is 19.1. The molecule has 0 spiro atoms. The molecule has 0 amide bonds. The second kappa shape index (κ2) is 5.68. The molecule has 0 bridgehead atoms. The van der Waals surface area contributed by atoms with Crippen molar-refractivity contribution in [2.45, 2.75) is 38.3 Å². The van der Waals surface area contributed by atoms with Crippen molar-refractivity contribution >= 4 is 15.9 Å². The Bertz CT molecular complexity index is 608. The van der Waals surface area contributed by atoms with Crippen molar-refractivity contribution in [2.75, 3.05) is 0 Å². The molecule has 0 saturated heterocycles. The fraction of sp³-hybridized carbons (Fsp3) is 0.400. The second-order valence-corrected chi connectivity index (χ2v) is 6.04. The van der Waals surface area contributed by atoms with Gasteiger partial charge in [-0.1, -0.05) is 24.3 Å². The average Bonchev–Trinajstić information content (AvgIpc) is 3.06. The van der Waals surface area contributed by atoms with E-state index in [9.17, 15) is 0 Å². The summed E-state index contributed by atoms with van der Waals surface area (Å²) < 4.78 is 3.03. The number of hydrogen-bond acceptors (Lipinski definition) is 3. The molecule has 1 aliphatic carbocycles. The van der Waals surface area contributed by atoms with Crippen LogP contribution in [0, 0.1) is 0 Å². The quantitative estimate of drug-likeness (QED) is 0.667. The van der Waals surface area contributed by atoms with Crippen LogP contribution in [0.1, 0.15) is 42.1 Å². The number of rotatable bonds is 4. The highest BCUT2D eigenvalue weighted by Crippen LogP contribution is 2.42. The lowest BCUT2D eigenvalue weighted by Gasteiger charge is -2.25. The van der Waals surface area contributed by atoms with Crippen molar-refractivity contribution in [3.63, 3.8) is 0 Å². The van der Waals surface area contributed by atoms with Gasteiger partial charge in [0.25, 0.3) is 0 Å². The van der Waals surface area contributed by atoms with Gasteiger partial charge in [0.1, 0.15) is 0 Å². The third kappa shape index (κ3) is 2.20. The molecular formula is C15H19BrN4. The van der Waals surface area contributed by atoms with Crippen molar-refractivity contribution in [1.29, 1.82) is 0 Å². The zero-order valence-electron chi connectivity index (χ0n) is 11.5. The number of halogens is 1. The van der Waals surface area contributed by atoms with E-state index in [1.807, 2.05) is 10.9 Å². The van der Waals surface area contributed by atoms with Crippen LogP contribution in [0.2, 0.25) is 0 Å². The summed E-state index contributed by atoms with van der Waals surface area (Å²) in [5.41, 5.74) is 7.00. The van der Waals surface area contributed by atoms with E-state index in [4.69, 9.17) is 5.84 Å². The van der Waals surface area contributed by atoms with Gasteiger partial charge in [-0.25, -0.2) is 0 Å². The third-order valence-corrected chi connectivity index (χ3v) is 4.80. The molecule has 0 saturated carbocycles. The molecule has 1 heterocycles. The summed E-state index contributed by atoms with van der Waals surface area (Å²) in [5.74, 6) is 6.28. The first-order valence-electron chi connectivity index (χ1n) is 7.01. The van der Waals surface area contributed by atoms with Gasteiger partial charge in [0.05, 0.1) is 22.4 Å². The fourth-order valence-electron chi connectivity index (χ4n) is 3.26. The molecule has 2 atom stereocenters. The Kier molecular flexibility index (Phi) is 3.92. The van der Waals surface area contributed by atoms with Gasteiger partial charge in [0, 0.05) is 12.5 Å². The lowest BCUT2D eigenvalue weighted by atomic mass is 9.91. The highest BCUT2D eigenvalue weighted by Gasteiger charge is 2.33. The molecule has 0 fully saturated rings. The van der Waals surface area contributed by atoms with E-state index in [0.717, 1.165) is 29.6 Å². The molecule has 3 N–H and O–H groups in total. The number of benzene rings is 1. The van der Waals surface area contributed by atoms with Gasteiger partial charge in [0.2, 0.25) is 0 Å². The fourth-order valence-corrected chi connectivity index (χ4v) is 3.80. The average molecular weight is 335 g/mol. The van der Waals surface area contributed by atoms with Crippen molar-refractivity contribution in [2.24, 2.45) is 5.84 Å². The summed E-state index contributed by atoms with van der Waals surface area (Å²) in [6.07, 6.45) is 4.09. The lowest BCUT2D eigenvalue weighted by molar-refractivity contribution is 0.417. The molecule has 2 aromatic rings. The van der Waals surface area contributed by atoms with Crippen LogP contribution in [0.15, 0.2) is 34.9 Å². The molecule has 106 valence electrons. The molecule has 3 rings (SSSR count). The number of aromatic nitrogens is 2. The van der Waals surface area contributed by atoms with Gasteiger partial charge in [-0.15, -0.1) is 0 Å². The van der Waals surface area contributed by atoms with Crippen molar-refractivity contribution in [3.8, 4) is 0 Å². The Morgan fingerprint density at radius 3 is 3.05 bits per heavy atom. The largest absolute Gasteiger partial charge is 0.271 e. The maximum absolute atomic E-state index is 5.88. The van der Waals surface area contributed by atoms with Gasteiger partial charge >= 0.3 is 0 Å². The van der Waals surface area contributed by atoms with Crippen molar-refractivity contribution < 1.29 is 0 Å². The van der Waals surface area contributed by atoms with Gasteiger partial charge in [-0.2, -0.15) is 5.10 Å². The van der Waals surface area contributed by atoms with E-state index in [0.29, 0.717) is 5.92 Å². The summed E-state index contributed by atoms with van der Waals surface area (Å²) in [6, 6.07) is 8.73. The monoisotopic (exact) mass is 334 g/mol. The maximum Gasteiger partial charge on any atom is 0.0715 e. The Balaban J connectivity index is 2.01. The Labute approximate surface area is 127 Å². The highest BCUT2D eigenvalue weighted by molar-refractivity contribution is 9.10. The van der Waals surface area contributed by atoms with Crippen LogP contribution in [-0.4, -0.2) is 9.78 Å². The van der Waals surface area contributed by atoms with Crippen LogP contribution < -0.4 is 11.3 Å². The third-order valence-electron chi connectivity index (χ3n) is 4.19. The first-order valence-corrected chi connectivity index (χ1v) is 7.80. The van der Waals surface area contributed by atoms with E-state index in [-0.39, 0.29) is 6.04 Å². The number of nitrogens with zero attached hydrogens (tertiary/aromatic N) is 2. The number of hydrazine groups is 1. The Morgan fingerprint density at radius 2 is 2.30 bits per heavy atom. The first kappa shape index (κ1) is 13.8. The van der Waals surface area contributed by atoms with E-state index in [1.165, 1.54) is 11.1 Å². The molecule has 1 aromatic carbocycles. The minimum atomic E-state index is 0.0791. The summed E-state index contributed by atoms with van der Waals surface area (Å²) in [4.78, 5) is 0. The van der Waals surface area contributed by atoms with Crippen LogP contribution in [-0.2, 0) is 13.0 Å². The lowest BCUT2D eigenvalue weighted by Crippen LogP contribution is -2.34. The number of aryl methyl sites for hydroxylation is 2. The van der Waals surface area contributed by atoms with Crippen molar-refractivity contribution in [1.82, 2.24) is 15.2 Å². The van der Waals surface area contributed by atoms with Crippen LogP contribution in [0.3, 0.4) is 0 Å². The molecule has 4 nitrogen and oxygen atoms in total. The van der Waals surface area contributed by atoms with Crippen LogP contribution >= 0.6 is 15.9 Å². The summed E-state index contributed by atoms with van der Waals surface area (Å²) in [6.45, 7) is 2.94. The molecule has 5 heteroatoms. The second-order valence-electron chi connectivity index (χ2n) is 5.18. The summed E-state index contributed by atoms with van der Waals surface area (Å²) in [7, 11) is 0. The molecule has 1 aromatic heterocycles. The van der Waals surface area contributed by atoms with Crippen LogP contribution in [0.4, 0.5) is 0 Å². The Hall–Kier alpha value is -1.17. The minimum absolute atomic E-state index is 0.0791. The zero-order chi connectivity index (χ0) is 14.1. The van der Waals surface area contributed by atoms with Crippen molar-refractivity contribution in [3.05, 3.63) is 51.8 Å². The molecular weight excluding hydrogens is 316 g/mol. The predicted molar refractivity (Wildman–Crippen MR) is 83.2 cm³/mol. The summed E-state index contributed by atoms with van der Waals surface area (Å²) >= 11 is 3.61. The van der Waals surface area contributed by atoms with E-state index >= 15 is 0 Å². The summed E-state index contributed by atoms with van der Waals surface area (Å²) in [5, 5.41) is 4.40. The highest BCUT2D eigenvalue weighted by atomic mass is 79.9.